The highest BCUT2D eigenvalue weighted by molar-refractivity contribution is 14.0. The molecule has 0 spiro atoms. The molecular formula is C22H31IN4O2. The number of aliphatic imine (C=N–C) groups is 1. The molecule has 0 saturated carbocycles. The molecule has 2 aromatic rings. The molecule has 0 aromatic heterocycles. The number of hydrogen-bond donors (Lipinski definition) is 3. The smallest absolute Gasteiger partial charge is 0.251 e. The summed E-state index contributed by atoms with van der Waals surface area (Å²) in [5, 5.41) is 9.55. The second-order valence-corrected chi connectivity index (χ2v) is 6.61. The Bertz CT molecular complexity index is 811. The Balaban J connectivity index is 0.00000420. The van der Waals surface area contributed by atoms with Crippen LogP contribution in [0, 0.1) is 0 Å². The monoisotopic (exact) mass is 510 g/mol. The van der Waals surface area contributed by atoms with Gasteiger partial charge in [0.1, 0.15) is 5.75 Å². The number of guanidine groups is 1. The van der Waals surface area contributed by atoms with Crippen LogP contribution in [0.2, 0.25) is 0 Å². The molecule has 0 fully saturated rings. The third-order valence-electron chi connectivity index (χ3n) is 4.46. The summed E-state index contributed by atoms with van der Waals surface area (Å²) in [6.07, 6.45) is 0.905. The number of benzene rings is 2. The largest absolute Gasteiger partial charge is 0.497 e. The molecule has 0 aliphatic heterocycles. The number of methoxy groups -OCH3 is 1. The fourth-order valence-corrected chi connectivity index (χ4v) is 2.61. The van der Waals surface area contributed by atoms with E-state index in [2.05, 4.69) is 27.9 Å². The number of carbonyl (C=O) groups excluding carboxylic acids is 1. The van der Waals surface area contributed by atoms with Crippen molar-refractivity contribution in [3.05, 3.63) is 65.2 Å². The van der Waals surface area contributed by atoms with Gasteiger partial charge in [0.25, 0.3) is 5.91 Å². The van der Waals surface area contributed by atoms with Gasteiger partial charge in [-0.2, -0.15) is 0 Å². The predicted molar refractivity (Wildman–Crippen MR) is 129 cm³/mol. The van der Waals surface area contributed by atoms with Crippen LogP contribution < -0.4 is 20.7 Å². The number of halogens is 1. The van der Waals surface area contributed by atoms with E-state index >= 15 is 0 Å². The molecule has 0 aliphatic rings. The van der Waals surface area contributed by atoms with Crippen LogP contribution in [0.4, 0.5) is 0 Å². The van der Waals surface area contributed by atoms with E-state index in [1.807, 2.05) is 55.5 Å². The standard InChI is InChI=1S/C22H30N4O2.HI/c1-5-16(2)26-21(27)19-10-6-8-17(12-19)14-24-22(23-3)25-15-18-9-7-11-20(13-18)28-4;/h6-13,16H,5,14-15H2,1-4H3,(H,26,27)(H2,23,24,25);1H. The van der Waals surface area contributed by atoms with Gasteiger partial charge in [-0.25, -0.2) is 0 Å². The number of carbonyl (C=O) groups is 1. The van der Waals surface area contributed by atoms with Crippen molar-refractivity contribution in [1.82, 2.24) is 16.0 Å². The van der Waals surface area contributed by atoms with Crippen molar-refractivity contribution in [3.8, 4) is 5.75 Å². The number of nitrogens with zero attached hydrogens (tertiary/aromatic N) is 1. The highest BCUT2D eigenvalue weighted by Gasteiger charge is 2.09. The van der Waals surface area contributed by atoms with Gasteiger partial charge < -0.3 is 20.7 Å². The Kier molecular flexibility index (Phi) is 11.1. The Morgan fingerprint density at radius 3 is 2.28 bits per heavy atom. The van der Waals surface area contributed by atoms with Crippen molar-refractivity contribution in [2.75, 3.05) is 14.2 Å². The lowest BCUT2D eigenvalue weighted by molar-refractivity contribution is 0.0939. The minimum Gasteiger partial charge on any atom is -0.497 e. The Labute approximate surface area is 190 Å². The van der Waals surface area contributed by atoms with Crippen LogP contribution in [0.3, 0.4) is 0 Å². The number of ether oxygens (including phenoxy) is 1. The normalized spacial score (nSPS) is 11.8. The molecule has 6 nitrogen and oxygen atoms in total. The summed E-state index contributed by atoms with van der Waals surface area (Å²) in [6.45, 7) is 5.26. The van der Waals surface area contributed by atoms with Gasteiger partial charge in [0.15, 0.2) is 5.96 Å². The zero-order valence-electron chi connectivity index (χ0n) is 17.5. The van der Waals surface area contributed by atoms with E-state index in [4.69, 9.17) is 4.74 Å². The number of rotatable bonds is 8. The van der Waals surface area contributed by atoms with E-state index in [0.717, 1.165) is 23.3 Å². The fraction of sp³-hybridized carbons (Fsp3) is 0.364. The maximum atomic E-state index is 12.3. The van der Waals surface area contributed by atoms with E-state index in [9.17, 15) is 4.79 Å². The molecule has 158 valence electrons. The molecule has 1 amide bonds. The summed E-state index contributed by atoms with van der Waals surface area (Å²) < 4.78 is 5.25. The Morgan fingerprint density at radius 2 is 1.69 bits per heavy atom. The lowest BCUT2D eigenvalue weighted by Gasteiger charge is -2.14. The second kappa shape index (κ2) is 13.0. The van der Waals surface area contributed by atoms with Crippen LogP contribution in [-0.2, 0) is 13.1 Å². The summed E-state index contributed by atoms with van der Waals surface area (Å²) in [4.78, 5) is 16.5. The van der Waals surface area contributed by atoms with Crippen LogP contribution in [0.5, 0.6) is 5.75 Å². The van der Waals surface area contributed by atoms with Crippen molar-refractivity contribution < 1.29 is 9.53 Å². The van der Waals surface area contributed by atoms with Crippen molar-refractivity contribution in [2.24, 2.45) is 4.99 Å². The third kappa shape index (κ3) is 8.31. The number of nitrogens with one attached hydrogen (secondary N) is 3. The molecule has 0 saturated heterocycles. The molecule has 7 heteroatoms. The van der Waals surface area contributed by atoms with Crippen LogP contribution in [0.15, 0.2) is 53.5 Å². The topological polar surface area (TPSA) is 74.8 Å². The van der Waals surface area contributed by atoms with Crippen LogP contribution in [0.1, 0.15) is 41.8 Å². The molecule has 29 heavy (non-hydrogen) atoms. The molecular weight excluding hydrogens is 479 g/mol. The summed E-state index contributed by atoms with van der Waals surface area (Å²) in [7, 11) is 3.39. The maximum absolute atomic E-state index is 12.3. The first-order valence-electron chi connectivity index (χ1n) is 9.53. The van der Waals surface area contributed by atoms with Gasteiger partial charge in [-0.15, -0.1) is 24.0 Å². The van der Waals surface area contributed by atoms with E-state index in [1.165, 1.54) is 0 Å². The first-order valence-corrected chi connectivity index (χ1v) is 9.53. The average molecular weight is 510 g/mol. The molecule has 1 unspecified atom stereocenters. The molecule has 0 aliphatic carbocycles. The Hall–Kier alpha value is -2.29. The first-order chi connectivity index (χ1) is 13.5. The molecule has 1 atom stereocenters. The van der Waals surface area contributed by atoms with E-state index in [0.29, 0.717) is 24.6 Å². The predicted octanol–water partition coefficient (Wildman–Crippen LogP) is 3.71. The summed E-state index contributed by atoms with van der Waals surface area (Å²) in [6, 6.07) is 15.7. The lowest BCUT2D eigenvalue weighted by atomic mass is 10.1. The number of amides is 1. The van der Waals surface area contributed by atoms with Gasteiger partial charge in [0.2, 0.25) is 0 Å². The molecule has 3 N–H and O–H groups in total. The third-order valence-corrected chi connectivity index (χ3v) is 4.46. The van der Waals surface area contributed by atoms with Gasteiger partial charge in [-0.3, -0.25) is 9.79 Å². The zero-order chi connectivity index (χ0) is 20.4. The summed E-state index contributed by atoms with van der Waals surface area (Å²) >= 11 is 0. The Morgan fingerprint density at radius 1 is 1.07 bits per heavy atom. The summed E-state index contributed by atoms with van der Waals surface area (Å²) in [5.41, 5.74) is 2.78. The number of hydrogen-bond acceptors (Lipinski definition) is 3. The first kappa shape index (κ1) is 24.7. The highest BCUT2D eigenvalue weighted by atomic mass is 127. The van der Waals surface area contributed by atoms with Crippen LogP contribution >= 0.6 is 24.0 Å². The zero-order valence-corrected chi connectivity index (χ0v) is 19.8. The average Bonchev–Trinajstić information content (AvgIpc) is 2.74. The van der Waals surface area contributed by atoms with E-state index in [1.54, 1.807) is 14.2 Å². The fourth-order valence-electron chi connectivity index (χ4n) is 2.61. The van der Waals surface area contributed by atoms with Gasteiger partial charge in [0.05, 0.1) is 7.11 Å². The lowest BCUT2D eigenvalue weighted by Crippen LogP contribution is -2.36. The second-order valence-electron chi connectivity index (χ2n) is 6.61. The minimum atomic E-state index is -0.0447. The van der Waals surface area contributed by atoms with Crippen LogP contribution in [0.25, 0.3) is 0 Å². The van der Waals surface area contributed by atoms with Gasteiger partial charge in [-0.1, -0.05) is 31.2 Å². The summed E-state index contributed by atoms with van der Waals surface area (Å²) in [5.74, 6) is 1.48. The van der Waals surface area contributed by atoms with Gasteiger partial charge in [-0.05, 0) is 48.7 Å². The molecule has 2 rings (SSSR count). The quantitative estimate of drug-likeness (QED) is 0.288. The van der Waals surface area contributed by atoms with Crippen molar-refractivity contribution in [3.63, 3.8) is 0 Å². The molecule has 0 radical (unpaired) electrons. The van der Waals surface area contributed by atoms with E-state index in [-0.39, 0.29) is 35.9 Å². The maximum Gasteiger partial charge on any atom is 0.251 e. The molecule has 2 aromatic carbocycles. The van der Waals surface area contributed by atoms with Gasteiger partial charge >= 0.3 is 0 Å². The van der Waals surface area contributed by atoms with Gasteiger partial charge in [0, 0.05) is 31.7 Å². The highest BCUT2D eigenvalue weighted by Crippen LogP contribution is 2.12. The minimum absolute atomic E-state index is 0. The molecule has 0 bridgehead atoms. The van der Waals surface area contributed by atoms with Crippen molar-refractivity contribution in [2.45, 2.75) is 39.4 Å². The van der Waals surface area contributed by atoms with E-state index < -0.39 is 0 Å². The van der Waals surface area contributed by atoms with Crippen molar-refractivity contribution >= 4 is 35.8 Å². The van der Waals surface area contributed by atoms with Crippen LogP contribution in [-0.4, -0.2) is 32.1 Å². The molecule has 0 heterocycles. The van der Waals surface area contributed by atoms with Crippen molar-refractivity contribution in [1.29, 1.82) is 0 Å². The SMILES string of the molecule is CCC(C)NC(=O)c1cccc(CNC(=NC)NCc2cccc(OC)c2)c1.I.